The molecule has 3 nitrogen and oxygen atoms in total. The molecule has 0 bridgehead atoms. The van der Waals surface area contributed by atoms with E-state index in [1.807, 2.05) is 13.8 Å². The first-order chi connectivity index (χ1) is 8.90. The number of rotatable bonds is 3. The molecule has 0 radical (unpaired) electrons. The molecule has 0 amide bonds. The van der Waals surface area contributed by atoms with E-state index in [0.29, 0.717) is 12.0 Å². The van der Waals surface area contributed by atoms with Gasteiger partial charge in [0.05, 0.1) is 0 Å². The van der Waals surface area contributed by atoms with Crippen molar-refractivity contribution >= 4 is 5.82 Å². The van der Waals surface area contributed by atoms with E-state index in [-0.39, 0.29) is 23.1 Å². The van der Waals surface area contributed by atoms with Gasteiger partial charge in [0.1, 0.15) is 0 Å². The summed E-state index contributed by atoms with van der Waals surface area (Å²) in [5, 5.41) is 3.59. The zero-order chi connectivity index (χ0) is 14.2. The molecule has 0 aliphatic rings. The number of anilines is 1. The lowest BCUT2D eigenvalue weighted by Crippen LogP contribution is -1.99. The third-order valence-corrected chi connectivity index (χ3v) is 2.68. The van der Waals surface area contributed by atoms with Gasteiger partial charge in [-0.2, -0.15) is 0 Å². The van der Waals surface area contributed by atoms with Crippen molar-refractivity contribution in [3.05, 3.63) is 35.1 Å². The fraction of sp³-hybridized carbons (Fsp3) is 0.308. The number of hydrogen-bond acceptors (Lipinski definition) is 3. The summed E-state index contributed by atoms with van der Waals surface area (Å²) in [6, 6.07) is 1.73. The fourth-order valence-electron chi connectivity index (χ4n) is 1.84. The third-order valence-electron chi connectivity index (χ3n) is 2.68. The van der Waals surface area contributed by atoms with Crippen LogP contribution in [0.2, 0.25) is 0 Å². The van der Waals surface area contributed by atoms with Gasteiger partial charge >= 0.3 is 0 Å². The zero-order valence-electron chi connectivity index (χ0n) is 10.5. The third kappa shape index (κ3) is 2.57. The predicted molar refractivity (Wildman–Crippen MR) is 64.8 cm³/mol. The highest BCUT2D eigenvalue weighted by Crippen LogP contribution is 2.31. The van der Waals surface area contributed by atoms with Gasteiger partial charge in [-0.05, 0) is 24.5 Å². The van der Waals surface area contributed by atoms with E-state index in [4.69, 9.17) is 10.3 Å². The van der Waals surface area contributed by atoms with Gasteiger partial charge in [0.2, 0.25) is 0 Å². The molecule has 0 spiro atoms. The van der Waals surface area contributed by atoms with Crippen molar-refractivity contribution in [1.82, 2.24) is 5.16 Å². The standard InChI is InChI=1S/C13H13F3N2O/c1-6(2)3-8-12(19-18-13(8)17)7-4-9(14)11(16)10(15)5-7/h4-6H,3H2,1-2H3,(H2,17,18). The summed E-state index contributed by atoms with van der Waals surface area (Å²) >= 11 is 0. The second kappa shape index (κ2) is 4.95. The molecular weight excluding hydrogens is 257 g/mol. The second-order valence-electron chi connectivity index (χ2n) is 4.73. The molecule has 0 aliphatic carbocycles. The van der Waals surface area contributed by atoms with Gasteiger partial charge in [-0.3, -0.25) is 0 Å². The van der Waals surface area contributed by atoms with Crippen LogP contribution in [0.3, 0.4) is 0 Å². The zero-order valence-corrected chi connectivity index (χ0v) is 10.5. The first kappa shape index (κ1) is 13.5. The number of benzene rings is 1. The lowest BCUT2D eigenvalue weighted by molar-refractivity contribution is 0.429. The maximum Gasteiger partial charge on any atom is 0.194 e. The summed E-state index contributed by atoms with van der Waals surface area (Å²) in [4.78, 5) is 0. The van der Waals surface area contributed by atoms with E-state index in [1.165, 1.54) is 0 Å². The maximum absolute atomic E-state index is 13.2. The minimum Gasteiger partial charge on any atom is -0.381 e. The maximum atomic E-state index is 13.2. The summed E-state index contributed by atoms with van der Waals surface area (Å²) in [6.07, 6.45) is 0.547. The number of halogens is 3. The van der Waals surface area contributed by atoms with Gasteiger partial charge in [-0.1, -0.05) is 19.0 Å². The molecule has 2 aromatic rings. The molecule has 0 saturated carbocycles. The van der Waals surface area contributed by atoms with E-state index in [0.717, 1.165) is 12.1 Å². The fourth-order valence-corrected chi connectivity index (χ4v) is 1.84. The van der Waals surface area contributed by atoms with E-state index in [9.17, 15) is 13.2 Å². The number of nitrogens with zero attached hydrogens (tertiary/aromatic N) is 1. The Labute approximate surface area is 108 Å². The monoisotopic (exact) mass is 270 g/mol. The number of hydrogen-bond donors (Lipinski definition) is 1. The van der Waals surface area contributed by atoms with Gasteiger partial charge in [-0.25, -0.2) is 13.2 Å². The van der Waals surface area contributed by atoms with Crippen LogP contribution in [0.5, 0.6) is 0 Å². The van der Waals surface area contributed by atoms with Gasteiger partial charge in [0.15, 0.2) is 29.0 Å². The molecule has 0 fully saturated rings. The first-order valence-corrected chi connectivity index (χ1v) is 5.79. The molecule has 102 valence electrons. The van der Waals surface area contributed by atoms with Crippen LogP contribution in [0.15, 0.2) is 16.7 Å². The Kier molecular flexibility index (Phi) is 3.50. The van der Waals surface area contributed by atoms with Crippen LogP contribution < -0.4 is 5.73 Å². The van der Waals surface area contributed by atoms with Crippen molar-refractivity contribution in [2.24, 2.45) is 5.92 Å². The highest BCUT2D eigenvalue weighted by Gasteiger charge is 2.20. The molecule has 0 saturated heterocycles. The van der Waals surface area contributed by atoms with Gasteiger partial charge in [-0.15, -0.1) is 0 Å². The summed E-state index contributed by atoms with van der Waals surface area (Å²) in [6.45, 7) is 3.92. The number of aromatic nitrogens is 1. The molecule has 1 aromatic heterocycles. The molecule has 2 rings (SSSR count). The molecule has 6 heteroatoms. The van der Waals surface area contributed by atoms with Crippen molar-refractivity contribution in [3.8, 4) is 11.3 Å². The summed E-state index contributed by atoms with van der Waals surface area (Å²) < 4.78 is 44.4. The topological polar surface area (TPSA) is 52.0 Å². The summed E-state index contributed by atoms with van der Waals surface area (Å²) in [5.74, 6) is -3.46. The minimum absolute atomic E-state index is 0.0799. The highest BCUT2D eigenvalue weighted by atomic mass is 19.2. The molecule has 2 N–H and O–H groups in total. The molecule has 1 heterocycles. The van der Waals surface area contributed by atoms with Gasteiger partial charge in [0, 0.05) is 11.1 Å². The Balaban J connectivity index is 2.53. The van der Waals surface area contributed by atoms with Crippen molar-refractivity contribution in [2.75, 3.05) is 5.73 Å². The van der Waals surface area contributed by atoms with Gasteiger partial charge < -0.3 is 10.3 Å². The van der Waals surface area contributed by atoms with Crippen molar-refractivity contribution < 1.29 is 17.7 Å². The van der Waals surface area contributed by atoms with Crippen molar-refractivity contribution in [1.29, 1.82) is 0 Å². The Hall–Kier alpha value is -1.98. The minimum atomic E-state index is -1.51. The van der Waals surface area contributed by atoms with Crippen molar-refractivity contribution in [2.45, 2.75) is 20.3 Å². The molecule has 1 aromatic carbocycles. The molecule has 19 heavy (non-hydrogen) atoms. The van der Waals surface area contributed by atoms with E-state index >= 15 is 0 Å². The molecule has 0 atom stereocenters. The Bertz CT molecular complexity index is 585. The number of nitrogen functional groups attached to an aromatic ring is 1. The Morgan fingerprint density at radius 2 is 1.79 bits per heavy atom. The van der Waals surface area contributed by atoms with E-state index in [1.54, 1.807) is 0 Å². The van der Waals surface area contributed by atoms with Crippen LogP contribution in [0.4, 0.5) is 19.0 Å². The van der Waals surface area contributed by atoms with E-state index < -0.39 is 17.5 Å². The van der Waals surface area contributed by atoms with Crippen LogP contribution in [-0.2, 0) is 6.42 Å². The second-order valence-corrected chi connectivity index (χ2v) is 4.73. The molecule has 0 unspecified atom stereocenters. The predicted octanol–water partition coefficient (Wildman–Crippen LogP) is 3.54. The Morgan fingerprint density at radius 3 is 2.32 bits per heavy atom. The van der Waals surface area contributed by atoms with Crippen LogP contribution in [0.1, 0.15) is 19.4 Å². The Morgan fingerprint density at radius 1 is 1.21 bits per heavy atom. The van der Waals surface area contributed by atoms with Crippen molar-refractivity contribution in [3.63, 3.8) is 0 Å². The summed E-state index contributed by atoms with van der Waals surface area (Å²) in [5.41, 5.74) is 6.32. The quantitative estimate of drug-likeness (QED) is 0.868. The van der Waals surface area contributed by atoms with Crippen LogP contribution in [0.25, 0.3) is 11.3 Å². The summed E-state index contributed by atoms with van der Waals surface area (Å²) in [7, 11) is 0. The van der Waals surface area contributed by atoms with Gasteiger partial charge in [0.25, 0.3) is 0 Å². The van der Waals surface area contributed by atoms with Crippen LogP contribution >= 0.6 is 0 Å². The van der Waals surface area contributed by atoms with Crippen LogP contribution in [0, 0.1) is 23.4 Å². The normalized spacial score (nSPS) is 11.3. The van der Waals surface area contributed by atoms with E-state index in [2.05, 4.69) is 5.16 Å². The first-order valence-electron chi connectivity index (χ1n) is 5.79. The van der Waals surface area contributed by atoms with Crippen LogP contribution in [-0.4, -0.2) is 5.16 Å². The molecular formula is C13H13F3N2O. The highest BCUT2D eigenvalue weighted by molar-refractivity contribution is 5.66. The number of nitrogens with two attached hydrogens (primary N) is 1. The SMILES string of the molecule is CC(C)Cc1c(N)noc1-c1cc(F)c(F)c(F)c1. The lowest BCUT2D eigenvalue weighted by atomic mass is 9.99. The average molecular weight is 270 g/mol. The smallest absolute Gasteiger partial charge is 0.194 e. The average Bonchev–Trinajstić information content (AvgIpc) is 2.67. The lowest BCUT2D eigenvalue weighted by Gasteiger charge is -2.06. The molecule has 0 aliphatic heterocycles. The largest absolute Gasteiger partial charge is 0.381 e.